The summed E-state index contributed by atoms with van der Waals surface area (Å²) in [5.74, 6) is -0.0889. The van der Waals surface area contributed by atoms with Gasteiger partial charge >= 0.3 is 0 Å². The van der Waals surface area contributed by atoms with Gasteiger partial charge in [-0.15, -0.1) is 0 Å². The lowest BCUT2D eigenvalue weighted by Crippen LogP contribution is -2.37. The van der Waals surface area contributed by atoms with Gasteiger partial charge in [0.2, 0.25) is 0 Å². The minimum absolute atomic E-state index is 0.0889. The third kappa shape index (κ3) is 5.36. The highest BCUT2D eigenvalue weighted by Crippen LogP contribution is 2.24. The zero-order chi connectivity index (χ0) is 12.7. The molecule has 102 valence electrons. The molecular weight excluding hydrogens is 238 g/mol. The normalized spacial score (nSPS) is 20.4. The molecule has 1 saturated carbocycles. The van der Waals surface area contributed by atoms with Crippen molar-refractivity contribution in [3.8, 4) is 0 Å². The predicted octanol–water partition coefficient (Wildman–Crippen LogP) is 1.09. The van der Waals surface area contributed by atoms with Crippen LogP contribution in [0.5, 0.6) is 0 Å². The van der Waals surface area contributed by atoms with Gasteiger partial charge in [0, 0.05) is 6.54 Å². The molecule has 0 heterocycles. The first-order valence-electron chi connectivity index (χ1n) is 6.66. The first-order chi connectivity index (χ1) is 8.06. The van der Waals surface area contributed by atoms with Gasteiger partial charge in [-0.3, -0.25) is 0 Å². The molecule has 5 heteroatoms. The number of aliphatic hydroxyl groups is 1. The van der Waals surface area contributed by atoms with Crippen LogP contribution in [-0.4, -0.2) is 43.7 Å². The van der Waals surface area contributed by atoms with Gasteiger partial charge in [0.05, 0.1) is 17.1 Å². The van der Waals surface area contributed by atoms with Crippen LogP contribution >= 0.6 is 0 Å². The van der Waals surface area contributed by atoms with Crippen LogP contribution in [0.15, 0.2) is 0 Å². The number of rotatable bonds is 7. The quantitative estimate of drug-likeness (QED) is 0.675. The molecule has 0 bridgehead atoms. The van der Waals surface area contributed by atoms with E-state index in [4.69, 9.17) is 0 Å². The van der Waals surface area contributed by atoms with E-state index in [1.807, 2.05) is 6.92 Å². The highest BCUT2D eigenvalue weighted by molar-refractivity contribution is 7.92. The molecule has 4 nitrogen and oxygen atoms in total. The molecule has 0 aromatic heterocycles. The van der Waals surface area contributed by atoms with Crippen molar-refractivity contribution < 1.29 is 13.5 Å². The lowest BCUT2D eigenvalue weighted by Gasteiger charge is -2.23. The summed E-state index contributed by atoms with van der Waals surface area (Å²) in [5, 5.41) is 12.5. The van der Waals surface area contributed by atoms with Gasteiger partial charge in [0.1, 0.15) is 0 Å². The number of aliphatic hydroxyl groups excluding tert-OH is 1. The summed E-state index contributed by atoms with van der Waals surface area (Å²) in [5.41, 5.74) is 0. The maximum atomic E-state index is 12.0. The standard InChI is InChI=1S/C12H25NO3S/c1-2-8-13-9-11(14)10-17(15,16)12-6-4-3-5-7-12/h11-14H,2-10H2,1H3. The molecule has 1 rings (SSSR count). The zero-order valence-electron chi connectivity index (χ0n) is 10.7. The molecule has 0 radical (unpaired) electrons. The van der Waals surface area contributed by atoms with Gasteiger partial charge in [0.25, 0.3) is 0 Å². The van der Waals surface area contributed by atoms with Gasteiger partial charge in [0.15, 0.2) is 9.84 Å². The van der Waals surface area contributed by atoms with E-state index in [0.717, 1.165) is 45.1 Å². The molecule has 1 aliphatic rings. The number of sulfone groups is 1. The summed E-state index contributed by atoms with van der Waals surface area (Å²) in [6.07, 6.45) is 4.93. The Balaban J connectivity index is 2.36. The van der Waals surface area contributed by atoms with Crippen molar-refractivity contribution in [1.82, 2.24) is 5.32 Å². The monoisotopic (exact) mass is 263 g/mol. The van der Waals surface area contributed by atoms with E-state index in [-0.39, 0.29) is 11.0 Å². The second kappa shape index (κ2) is 7.34. The Bertz CT molecular complexity index is 297. The fourth-order valence-corrected chi connectivity index (χ4v) is 4.31. The van der Waals surface area contributed by atoms with Gasteiger partial charge in [-0.1, -0.05) is 26.2 Å². The third-order valence-electron chi connectivity index (χ3n) is 3.29. The first kappa shape index (κ1) is 14.9. The smallest absolute Gasteiger partial charge is 0.155 e. The topological polar surface area (TPSA) is 66.4 Å². The van der Waals surface area contributed by atoms with Crippen molar-refractivity contribution in [2.24, 2.45) is 0 Å². The molecule has 0 spiro atoms. The molecule has 1 unspecified atom stereocenters. The predicted molar refractivity (Wildman–Crippen MR) is 69.8 cm³/mol. The average Bonchev–Trinajstić information content (AvgIpc) is 2.30. The third-order valence-corrected chi connectivity index (χ3v) is 5.63. The van der Waals surface area contributed by atoms with Crippen molar-refractivity contribution in [1.29, 1.82) is 0 Å². The molecule has 1 aliphatic carbocycles. The number of nitrogens with one attached hydrogen (secondary N) is 1. The van der Waals surface area contributed by atoms with Crippen molar-refractivity contribution >= 4 is 9.84 Å². The van der Waals surface area contributed by atoms with Gasteiger partial charge in [-0.05, 0) is 25.8 Å². The second-order valence-electron chi connectivity index (χ2n) is 4.95. The Kier molecular flexibility index (Phi) is 6.44. The summed E-state index contributed by atoms with van der Waals surface area (Å²) >= 11 is 0. The minimum atomic E-state index is -3.11. The van der Waals surface area contributed by atoms with Gasteiger partial charge in [-0.2, -0.15) is 0 Å². The van der Waals surface area contributed by atoms with Crippen LogP contribution in [0.4, 0.5) is 0 Å². The van der Waals surface area contributed by atoms with Crippen molar-refractivity contribution in [3.63, 3.8) is 0 Å². The summed E-state index contributed by atoms with van der Waals surface area (Å²) in [7, 11) is -3.11. The Hall–Kier alpha value is -0.130. The van der Waals surface area contributed by atoms with E-state index in [9.17, 15) is 13.5 Å². The SMILES string of the molecule is CCCNCC(O)CS(=O)(=O)C1CCCCC1. The Labute approximate surface area is 105 Å². The van der Waals surface area contributed by atoms with Crippen LogP contribution in [0, 0.1) is 0 Å². The van der Waals surface area contributed by atoms with Crippen LogP contribution in [0.1, 0.15) is 45.4 Å². The highest BCUT2D eigenvalue weighted by atomic mass is 32.2. The first-order valence-corrected chi connectivity index (χ1v) is 8.38. The summed E-state index contributed by atoms with van der Waals surface area (Å²) < 4.78 is 24.1. The molecule has 17 heavy (non-hydrogen) atoms. The largest absolute Gasteiger partial charge is 0.391 e. The van der Waals surface area contributed by atoms with E-state index < -0.39 is 15.9 Å². The minimum Gasteiger partial charge on any atom is -0.391 e. The molecule has 0 aromatic carbocycles. The molecule has 1 atom stereocenters. The van der Waals surface area contributed by atoms with Crippen LogP contribution in [0.3, 0.4) is 0 Å². The van der Waals surface area contributed by atoms with E-state index in [0.29, 0.717) is 6.54 Å². The summed E-state index contributed by atoms with van der Waals surface area (Å²) in [4.78, 5) is 0. The van der Waals surface area contributed by atoms with Crippen molar-refractivity contribution in [2.75, 3.05) is 18.8 Å². The summed E-state index contributed by atoms with van der Waals surface area (Å²) in [6, 6.07) is 0. The van der Waals surface area contributed by atoms with E-state index >= 15 is 0 Å². The molecule has 2 N–H and O–H groups in total. The Morgan fingerprint density at radius 2 is 1.94 bits per heavy atom. The van der Waals surface area contributed by atoms with Crippen molar-refractivity contribution in [3.05, 3.63) is 0 Å². The lowest BCUT2D eigenvalue weighted by molar-refractivity contribution is 0.193. The molecule has 0 aromatic rings. The molecule has 0 amide bonds. The molecular formula is C12H25NO3S. The summed E-state index contributed by atoms with van der Waals surface area (Å²) in [6.45, 7) is 3.23. The van der Waals surface area contributed by atoms with Crippen LogP contribution in [0.25, 0.3) is 0 Å². The Morgan fingerprint density at radius 3 is 2.53 bits per heavy atom. The zero-order valence-corrected chi connectivity index (χ0v) is 11.5. The number of hydrogen-bond donors (Lipinski definition) is 2. The maximum Gasteiger partial charge on any atom is 0.155 e. The van der Waals surface area contributed by atoms with E-state index in [1.54, 1.807) is 0 Å². The second-order valence-corrected chi connectivity index (χ2v) is 7.27. The van der Waals surface area contributed by atoms with Gasteiger partial charge < -0.3 is 10.4 Å². The Morgan fingerprint density at radius 1 is 1.29 bits per heavy atom. The van der Waals surface area contributed by atoms with E-state index in [1.165, 1.54) is 0 Å². The van der Waals surface area contributed by atoms with Crippen LogP contribution < -0.4 is 5.32 Å². The van der Waals surface area contributed by atoms with Gasteiger partial charge in [-0.25, -0.2) is 8.42 Å². The lowest BCUT2D eigenvalue weighted by atomic mass is 10.0. The van der Waals surface area contributed by atoms with Crippen LogP contribution in [0.2, 0.25) is 0 Å². The van der Waals surface area contributed by atoms with Crippen molar-refractivity contribution in [2.45, 2.75) is 56.8 Å². The highest BCUT2D eigenvalue weighted by Gasteiger charge is 2.29. The molecule has 1 fully saturated rings. The fraction of sp³-hybridized carbons (Fsp3) is 1.00. The fourth-order valence-electron chi connectivity index (χ4n) is 2.33. The molecule has 0 aliphatic heterocycles. The number of hydrogen-bond acceptors (Lipinski definition) is 4. The molecule has 0 saturated heterocycles. The van der Waals surface area contributed by atoms with E-state index in [2.05, 4.69) is 5.32 Å². The average molecular weight is 263 g/mol. The van der Waals surface area contributed by atoms with Crippen LogP contribution in [-0.2, 0) is 9.84 Å². The maximum absolute atomic E-state index is 12.0.